The number of hydrogen-bond acceptors (Lipinski definition) is 5. The molecule has 3 aromatic rings. The Balaban J connectivity index is 1.04. The van der Waals surface area contributed by atoms with Crippen molar-refractivity contribution in [2.75, 3.05) is 44.2 Å². The van der Waals surface area contributed by atoms with Crippen molar-refractivity contribution in [2.45, 2.75) is 51.9 Å². The molecule has 4 heterocycles. The maximum Gasteiger partial charge on any atom is 0.253 e. The summed E-state index contributed by atoms with van der Waals surface area (Å²) >= 11 is 0. The van der Waals surface area contributed by atoms with Gasteiger partial charge in [0, 0.05) is 62.8 Å². The molecule has 0 aliphatic carbocycles. The molecule has 3 saturated heterocycles. The zero-order valence-electron chi connectivity index (χ0n) is 24.6. The SMILES string of the molecule is CCc1cnc(N2CCC(c3cccc(C(=O)N4CC[C@@H]5CN(C(=O)c6cc(C)cc(F)c6)C[C@@H]5CC4)c3)CC2)nc1. The fourth-order valence-corrected chi connectivity index (χ4v) is 6.97. The Kier molecular flexibility index (Phi) is 8.22. The van der Waals surface area contributed by atoms with Gasteiger partial charge in [0.05, 0.1) is 0 Å². The number of piperidine rings is 1. The highest BCUT2D eigenvalue weighted by Crippen LogP contribution is 2.34. The van der Waals surface area contributed by atoms with Gasteiger partial charge in [0.25, 0.3) is 11.8 Å². The van der Waals surface area contributed by atoms with Crippen LogP contribution in [0.1, 0.15) is 75.9 Å². The van der Waals surface area contributed by atoms with E-state index in [9.17, 15) is 14.0 Å². The van der Waals surface area contributed by atoms with Crippen molar-refractivity contribution in [3.8, 4) is 0 Å². The van der Waals surface area contributed by atoms with Gasteiger partial charge < -0.3 is 14.7 Å². The normalized spacial score (nSPS) is 21.3. The van der Waals surface area contributed by atoms with Gasteiger partial charge in [-0.05, 0) is 104 Å². The minimum atomic E-state index is -0.373. The molecule has 7 nitrogen and oxygen atoms in total. The number of aromatic nitrogens is 2. The van der Waals surface area contributed by atoms with Gasteiger partial charge in [-0.2, -0.15) is 0 Å². The summed E-state index contributed by atoms with van der Waals surface area (Å²) < 4.78 is 13.9. The van der Waals surface area contributed by atoms with E-state index in [1.54, 1.807) is 13.0 Å². The van der Waals surface area contributed by atoms with E-state index in [4.69, 9.17) is 0 Å². The highest BCUT2D eigenvalue weighted by Gasteiger charge is 2.38. The highest BCUT2D eigenvalue weighted by atomic mass is 19.1. The Labute approximate surface area is 247 Å². The van der Waals surface area contributed by atoms with E-state index in [2.05, 4.69) is 33.9 Å². The number of anilines is 1. The molecule has 2 aromatic carbocycles. The van der Waals surface area contributed by atoms with Gasteiger partial charge in [-0.25, -0.2) is 14.4 Å². The van der Waals surface area contributed by atoms with Crippen molar-refractivity contribution in [1.82, 2.24) is 19.8 Å². The molecule has 2 amide bonds. The van der Waals surface area contributed by atoms with E-state index in [1.165, 1.54) is 17.7 Å². The first-order chi connectivity index (χ1) is 20.4. The van der Waals surface area contributed by atoms with Crippen LogP contribution in [-0.4, -0.2) is 70.9 Å². The number of rotatable bonds is 5. The van der Waals surface area contributed by atoms with E-state index in [-0.39, 0.29) is 17.6 Å². The van der Waals surface area contributed by atoms with Crippen molar-refractivity contribution < 1.29 is 14.0 Å². The Morgan fingerprint density at radius 1 is 0.833 bits per heavy atom. The molecule has 6 rings (SSSR count). The molecule has 0 unspecified atom stereocenters. The number of fused-ring (bicyclic) bond motifs is 1. The first-order valence-corrected chi connectivity index (χ1v) is 15.4. The molecule has 2 atom stereocenters. The minimum absolute atomic E-state index is 0.0943. The number of nitrogens with zero attached hydrogens (tertiary/aromatic N) is 5. The molecule has 0 spiro atoms. The number of aryl methyl sites for hydroxylation is 2. The lowest BCUT2D eigenvalue weighted by Crippen LogP contribution is -2.35. The summed E-state index contributed by atoms with van der Waals surface area (Å²) in [5, 5.41) is 0. The van der Waals surface area contributed by atoms with Crippen LogP contribution in [0.2, 0.25) is 0 Å². The molecule has 0 bridgehead atoms. The van der Waals surface area contributed by atoms with Crippen LogP contribution in [0.5, 0.6) is 0 Å². The molecule has 0 saturated carbocycles. The third-order valence-corrected chi connectivity index (χ3v) is 9.46. The third-order valence-electron chi connectivity index (χ3n) is 9.46. The Morgan fingerprint density at radius 3 is 2.14 bits per heavy atom. The average molecular weight is 570 g/mol. The molecule has 0 N–H and O–H groups in total. The van der Waals surface area contributed by atoms with Crippen LogP contribution in [-0.2, 0) is 6.42 Å². The molecule has 8 heteroatoms. The summed E-state index contributed by atoms with van der Waals surface area (Å²) in [6.07, 6.45) is 8.55. The maximum absolute atomic E-state index is 13.9. The van der Waals surface area contributed by atoms with Gasteiger partial charge >= 0.3 is 0 Å². The second kappa shape index (κ2) is 12.2. The number of likely N-dealkylation sites (tertiary alicyclic amines) is 2. The number of amides is 2. The van der Waals surface area contributed by atoms with Crippen molar-refractivity contribution in [2.24, 2.45) is 11.8 Å². The lowest BCUT2D eigenvalue weighted by atomic mass is 9.88. The first-order valence-electron chi connectivity index (χ1n) is 15.4. The molecule has 42 heavy (non-hydrogen) atoms. The van der Waals surface area contributed by atoms with Crippen molar-refractivity contribution in [1.29, 1.82) is 0 Å². The van der Waals surface area contributed by atoms with Crippen LogP contribution in [0.25, 0.3) is 0 Å². The number of benzene rings is 2. The van der Waals surface area contributed by atoms with E-state index in [0.29, 0.717) is 49.5 Å². The van der Waals surface area contributed by atoms with E-state index in [1.807, 2.05) is 34.3 Å². The lowest BCUT2D eigenvalue weighted by molar-refractivity contribution is 0.0734. The monoisotopic (exact) mass is 569 g/mol. The van der Waals surface area contributed by atoms with E-state index < -0.39 is 0 Å². The maximum atomic E-state index is 13.9. The molecule has 1 aromatic heterocycles. The van der Waals surface area contributed by atoms with E-state index >= 15 is 0 Å². The van der Waals surface area contributed by atoms with Crippen LogP contribution < -0.4 is 4.90 Å². The fourth-order valence-electron chi connectivity index (χ4n) is 6.97. The van der Waals surface area contributed by atoms with Crippen molar-refractivity contribution in [3.63, 3.8) is 0 Å². The van der Waals surface area contributed by atoms with Crippen LogP contribution in [0.4, 0.5) is 10.3 Å². The van der Waals surface area contributed by atoms with Crippen LogP contribution in [0, 0.1) is 24.6 Å². The smallest absolute Gasteiger partial charge is 0.253 e. The minimum Gasteiger partial charge on any atom is -0.341 e. The molecule has 220 valence electrons. The van der Waals surface area contributed by atoms with E-state index in [0.717, 1.165) is 67.8 Å². The Bertz CT molecular complexity index is 1400. The zero-order valence-corrected chi connectivity index (χ0v) is 24.6. The molecular weight excluding hydrogens is 529 g/mol. The Morgan fingerprint density at radius 2 is 1.50 bits per heavy atom. The number of hydrogen-bond donors (Lipinski definition) is 0. The highest BCUT2D eigenvalue weighted by molar-refractivity contribution is 5.95. The quantitative estimate of drug-likeness (QED) is 0.406. The molecule has 0 radical (unpaired) electrons. The van der Waals surface area contributed by atoms with Crippen LogP contribution in [0.3, 0.4) is 0 Å². The third kappa shape index (κ3) is 6.03. The first kappa shape index (κ1) is 28.3. The van der Waals surface area contributed by atoms with Gasteiger partial charge in [0.15, 0.2) is 0 Å². The predicted molar refractivity (Wildman–Crippen MR) is 161 cm³/mol. The summed E-state index contributed by atoms with van der Waals surface area (Å²) in [5.41, 5.74) is 4.32. The molecule has 3 aliphatic rings. The standard InChI is InChI=1S/C34H40FN5O2/c1-3-24-19-36-34(37-20-24)39-13-7-25(8-14-39)26-5-4-6-27(17-26)32(41)38-11-9-28-21-40(22-29(28)10-12-38)33(42)30-15-23(2)16-31(35)18-30/h4-6,15-20,25,28-29H,3,7-14,21-22H2,1-2H3/t28-,29+. The Hall–Kier alpha value is -3.81. The predicted octanol–water partition coefficient (Wildman–Crippen LogP) is 5.49. The second-order valence-corrected chi connectivity index (χ2v) is 12.2. The van der Waals surface area contributed by atoms with Gasteiger partial charge in [0.2, 0.25) is 5.95 Å². The largest absolute Gasteiger partial charge is 0.341 e. The lowest BCUT2D eigenvalue weighted by Gasteiger charge is -2.32. The summed E-state index contributed by atoms with van der Waals surface area (Å²) in [4.78, 5) is 42.0. The summed E-state index contributed by atoms with van der Waals surface area (Å²) in [6.45, 7) is 8.45. The fraction of sp³-hybridized carbons (Fsp3) is 0.471. The van der Waals surface area contributed by atoms with Crippen molar-refractivity contribution >= 4 is 17.8 Å². The van der Waals surface area contributed by atoms with Gasteiger partial charge in [0.1, 0.15) is 5.82 Å². The van der Waals surface area contributed by atoms with Crippen LogP contribution >= 0.6 is 0 Å². The second-order valence-electron chi connectivity index (χ2n) is 12.2. The molecule has 3 fully saturated rings. The summed E-state index contributed by atoms with van der Waals surface area (Å²) in [5.74, 6) is 1.57. The average Bonchev–Trinajstić information content (AvgIpc) is 3.32. The van der Waals surface area contributed by atoms with Gasteiger partial charge in [-0.15, -0.1) is 0 Å². The molecular formula is C34H40FN5O2. The summed E-state index contributed by atoms with van der Waals surface area (Å²) in [6, 6.07) is 12.8. The number of carbonyl (C=O) groups excluding carboxylic acids is 2. The molecule has 3 aliphatic heterocycles. The topological polar surface area (TPSA) is 69.6 Å². The summed E-state index contributed by atoms with van der Waals surface area (Å²) in [7, 11) is 0. The zero-order chi connectivity index (χ0) is 29.2. The number of halogens is 1. The van der Waals surface area contributed by atoms with Gasteiger partial charge in [-0.1, -0.05) is 19.1 Å². The van der Waals surface area contributed by atoms with Crippen LogP contribution in [0.15, 0.2) is 54.9 Å². The van der Waals surface area contributed by atoms with Crippen molar-refractivity contribution in [3.05, 3.63) is 88.5 Å². The number of carbonyl (C=O) groups is 2. The van der Waals surface area contributed by atoms with Gasteiger partial charge in [-0.3, -0.25) is 9.59 Å².